The first-order valence-corrected chi connectivity index (χ1v) is 11.1. The minimum atomic E-state index is -3.71. The normalized spacial score (nSPS) is 38.3. The third kappa shape index (κ3) is 2.46. The van der Waals surface area contributed by atoms with Crippen LogP contribution in [0.4, 0.5) is 0 Å². The first-order valence-electron chi connectivity index (χ1n) is 9.62. The Bertz CT molecular complexity index is 841. The number of rotatable bonds is 5. The quantitative estimate of drug-likeness (QED) is 0.802. The molecule has 0 radical (unpaired) electrons. The lowest BCUT2D eigenvalue weighted by atomic mass is 9.62. The van der Waals surface area contributed by atoms with Gasteiger partial charge in [0.15, 0.2) is 0 Å². The van der Waals surface area contributed by atoms with Crippen LogP contribution in [0.25, 0.3) is 0 Å². The second-order valence-corrected chi connectivity index (χ2v) is 9.92. The summed E-state index contributed by atoms with van der Waals surface area (Å²) in [6.45, 7) is 4.05. The molecule has 4 rings (SSSR count). The molecule has 1 N–H and O–H groups in total. The minimum Gasteiger partial charge on any atom is -0.354 e. The minimum absolute atomic E-state index is 0.132. The molecule has 0 aromatic heterocycles. The van der Waals surface area contributed by atoms with Crippen LogP contribution in [-0.4, -0.2) is 20.2 Å². The second-order valence-electron chi connectivity index (χ2n) is 8.24. The van der Waals surface area contributed by atoms with Gasteiger partial charge in [-0.1, -0.05) is 37.0 Å². The highest BCUT2D eigenvalue weighted by Gasteiger charge is 2.68. The molecule has 3 aliphatic rings. The van der Waals surface area contributed by atoms with Crippen LogP contribution in [0.3, 0.4) is 0 Å². The summed E-state index contributed by atoms with van der Waals surface area (Å²) >= 11 is 0. The third-order valence-corrected chi connectivity index (χ3v) is 8.27. The predicted octanol–water partition coefficient (Wildman–Crippen LogP) is 3.61. The van der Waals surface area contributed by atoms with E-state index in [2.05, 4.69) is 17.6 Å². The number of ether oxygens (including phenoxy) is 1. The molecule has 0 unspecified atom stereocenters. The van der Waals surface area contributed by atoms with E-state index in [0.29, 0.717) is 18.3 Å². The van der Waals surface area contributed by atoms with Crippen LogP contribution in [0.1, 0.15) is 51.0 Å². The van der Waals surface area contributed by atoms with Gasteiger partial charge in [0.25, 0.3) is 0 Å². The highest BCUT2D eigenvalue weighted by atomic mass is 32.2. The van der Waals surface area contributed by atoms with Gasteiger partial charge in [0, 0.05) is 0 Å². The van der Waals surface area contributed by atoms with Gasteiger partial charge in [-0.25, -0.2) is 8.42 Å². The molecular formula is C21H27NO3S. The Morgan fingerprint density at radius 1 is 1.31 bits per heavy atom. The Hall–Kier alpha value is -1.35. The van der Waals surface area contributed by atoms with E-state index in [-0.39, 0.29) is 11.0 Å². The molecule has 0 spiro atoms. The van der Waals surface area contributed by atoms with E-state index in [1.54, 1.807) is 12.1 Å². The fourth-order valence-corrected chi connectivity index (χ4v) is 6.93. The fourth-order valence-electron chi connectivity index (χ4n) is 5.57. The van der Waals surface area contributed by atoms with Crippen LogP contribution in [0.2, 0.25) is 0 Å². The molecule has 140 valence electrons. The summed E-state index contributed by atoms with van der Waals surface area (Å²) in [4.78, 5) is 0.268. The lowest BCUT2D eigenvalue weighted by Crippen LogP contribution is -2.64. The van der Waals surface area contributed by atoms with Crippen molar-refractivity contribution in [1.82, 2.24) is 4.72 Å². The van der Waals surface area contributed by atoms with Gasteiger partial charge in [0.2, 0.25) is 10.0 Å². The molecule has 5 heteroatoms. The molecule has 4 nitrogen and oxygen atoms in total. The number of benzene rings is 1. The van der Waals surface area contributed by atoms with Crippen LogP contribution >= 0.6 is 0 Å². The van der Waals surface area contributed by atoms with Crippen molar-refractivity contribution < 1.29 is 13.2 Å². The fraction of sp³-hybridized carbons (Fsp3) is 0.619. The summed E-state index contributed by atoms with van der Waals surface area (Å²) < 4.78 is 35.8. The zero-order valence-electron chi connectivity index (χ0n) is 15.5. The standard InChI is InChI=1S/C21H27NO3S/c1-4-12-20(5-2)17-9-8-16-14-21(20,25-19(16)13-17)22-26(23,24)18-10-6-15(3)7-11-18/h2,6-7,10-11,16-17,19,22H,4,8-9,12-14H2,1,3H3/t16-,17+,19+,20-,21+/m0/s1. The van der Waals surface area contributed by atoms with Crippen molar-refractivity contribution in [2.24, 2.45) is 17.3 Å². The lowest BCUT2D eigenvalue weighted by molar-refractivity contribution is -0.189. The summed E-state index contributed by atoms with van der Waals surface area (Å²) in [5, 5.41) is 0. The van der Waals surface area contributed by atoms with Gasteiger partial charge in [-0.05, 0) is 63.0 Å². The zero-order valence-corrected chi connectivity index (χ0v) is 16.3. The van der Waals surface area contributed by atoms with E-state index in [0.717, 1.165) is 37.7 Å². The van der Waals surface area contributed by atoms with Crippen molar-refractivity contribution in [1.29, 1.82) is 0 Å². The lowest BCUT2D eigenvalue weighted by Gasteiger charge is -2.53. The monoisotopic (exact) mass is 373 g/mol. The molecule has 3 bridgehead atoms. The SMILES string of the molecule is C#C[C@]1(CCC)[C@@H]2CC[C@H]3C[C@@]1(NS(=O)(=O)c1ccc(C)cc1)O[C@@H]3C2. The summed E-state index contributed by atoms with van der Waals surface area (Å²) in [6.07, 6.45) is 11.7. The largest absolute Gasteiger partial charge is 0.354 e. The van der Waals surface area contributed by atoms with Crippen molar-refractivity contribution in [2.45, 2.75) is 69.1 Å². The van der Waals surface area contributed by atoms with E-state index < -0.39 is 21.2 Å². The third-order valence-electron chi connectivity index (χ3n) is 6.78. The van der Waals surface area contributed by atoms with E-state index in [4.69, 9.17) is 11.2 Å². The number of terminal acetylenes is 1. The van der Waals surface area contributed by atoms with Gasteiger partial charge in [-0.3, -0.25) is 0 Å². The molecular weight excluding hydrogens is 346 g/mol. The van der Waals surface area contributed by atoms with Crippen molar-refractivity contribution in [3.05, 3.63) is 29.8 Å². The maximum atomic E-state index is 13.2. The Morgan fingerprint density at radius 2 is 2.04 bits per heavy atom. The first-order chi connectivity index (χ1) is 12.4. The van der Waals surface area contributed by atoms with Gasteiger partial charge >= 0.3 is 0 Å². The second kappa shape index (κ2) is 6.09. The Labute approximate surface area is 156 Å². The highest BCUT2D eigenvalue weighted by molar-refractivity contribution is 7.89. The molecule has 5 atom stereocenters. The average Bonchev–Trinajstić information content (AvgIpc) is 2.88. The first kappa shape index (κ1) is 18.0. The number of aryl methyl sites for hydroxylation is 1. The van der Waals surface area contributed by atoms with Crippen molar-refractivity contribution >= 4 is 10.0 Å². The van der Waals surface area contributed by atoms with Crippen LogP contribution in [0.5, 0.6) is 0 Å². The van der Waals surface area contributed by atoms with Gasteiger partial charge < -0.3 is 4.74 Å². The molecule has 1 aromatic rings. The van der Waals surface area contributed by atoms with Crippen molar-refractivity contribution in [2.75, 3.05) is 0 Å². The van der Waals surface area contributed by atoms with Gasteiger partial charge in [-0.15, -0.1) is 6.42 Å². The molecule has 1 aliphatic carbocycles. The number of fused-ring (bicyclic) bond motifs is 2. The number of hydrogen-bond donors (Lipinski definition) is 1. The van der Waals surface area contributed by atoms with E-state index >= 15 is 0 Å². The van der Waals surface area contributed by atoms with E-state index in [1.807, 2.05) is 19.1 Å². The molecule has 2 aliphatic heterocycles. The Kier molecular flexibility index (Phi) is 4.22. The summed E-state index contributed by atoms with van der Waals surface area (Å²) in [7, 11) is -3.71. The molecule has 2 heterocycles. The molecule has 1 aromatic carbocycles. The molecule has 1 saturated carbocycles. The van der Waals surface area contributed by atoms with Crippen molar-refractivity contribution in [3.63, 3.8) is 0 Å². The number of sulfonamides is 1. The van der Waals surface area contributed by atoms with Crippen LogP contribution in [0.15, 0.2) is 29.2 Å². The van der Waals surface area contributed by atoms with E-state index in [9.17, 15) is 8.42 Å². The zero-order chi connectivity index (χ0) is 18.6. The average molecular weight is 374 g/mol. The van der Waals surface area contributed by atoms with Gasteiger partial charge in [-0.2, -0.15) is 4.72 Å². The Morgan fingerprint density at radius 3 is 2.69 bits per heavy atom. The molecule has 0 amide bonds. The number of hydrogen-bond acceptors (Lipinski definition) is 3. The summed E-state index contributed by atoms with van der Waals surface area (Å²) in [5.74, 6) is 3.77. The van der Waals surface area contributed by atoms with Crippen molar-refractivity contribution in [3.8, 4) is 12.3 Å². The van der Waals surface area contributed by atoms with E-state index in [1.165, 1.54) is 0 Å². The highest BCUT2D eigenvalue weighted by Crippen LogP contribution is 2.63. The van der Waals surface area contributed by atoms with Gasteiger partial charge in [0.05, 0.1) is 16.4 Å². The predicted molar refractivity (Wildman–Crippen MR) is 101 cm³/mol. The van der Waals surface area contributed by atoms with Crippen LogP contribution in [-0.2, 0) is 14.8 Å². The van der Waals surface area contributed by atoms with Crippen LogP contribution < -0.4 is 4.72 Å². The topological polar surface area (TPSA) is 55.4 Å². The smallest absolute Gasteiger partial charge is 0.242 e. The maximum Gasteiger partial charge on any atom is 0.242 e. The van der Waals surface area contributed by atoms with Crippen LogP contribution in [0, 0.1) is 36.5 Å². The molecule has 2 saturated heterocycles. The Balaban J connectivity index is 1.77. The molecule has 3 fully saturated rings. The van der Waals surface area contributed by atoms with Gasteiger partial charge in [0.1, 0.15) is 5.72 Å². The summed E-state index contributed by atoms with van der Waals surface area (Å²) in [5.41, 5.74) is -0.517. The molecule has 26 heavy (non-hydrogen) atoms. The maximum absolute atomic E-state index is 13.2. The number of nitrogens with one attached hydrogen (secondary N) is 1. The summed E-state index contributed by atoms with van der Waals surface area (Å²) in [6, 6.07) is 6.93.